The number of amides is 3. The van der Waals surface area contributed by atoms with Gasteiger partial charge in [-0.15, -0.1) is 0 Å². The van der Waals surface area contributed by atoms with Gasteiger partial charge in [-0.25, -0.2) is 0 Å². The summed E-state index contributed by atoms with van der Waals surface area (Å²) in [5.74, 6) is -0.103. The Bertz CT molecular complexity index is 1560. The standard InChI is InChI=1S/C30H32N4O6/c1-33(2)21-7-4-18(11-21)27(32-38)17-6-9-24-20(10-17)12-25(40-24)30(14-26(35)31-29(30)37)16-34-15-19-5-8-22(39-3)13-23(19)28(34)36/h5-6,8-10,12-13,18,21,38H,4,7,11,14-16H2,1-3H3,(H,31,35,37)/b32-27+/t18?,21-,30+/m0/s1. The molecular formula is C30H32N4O6. The normalized spacial score (nSPS) is 24.9. The van der Waals surface area contributed by atoms with Crippen LogP contribution >= 0.6 is 0 Å². The van der Waals surface area contributed by atoms with Gasteiger partial charge in [0, 0.05) is 41.6 Å². The third-order valence-corrected chi connectivity index (χ3v) is 8.72. The fourth-order valence-electron chi connectivity index (χ4n) is 6.46. The molecular weight excluding hydrogens is 512 g/mol. The van der Waals surface area contributed by atoms with Gasteiger partial charge in [-0.05, 0) is 75.3 Å². The Morgan fingerprint density at radius 1 is 1.18 bits per heavy atom. The highest BCUT2D eigenvalue weighted by Crippen LogP contribution is 2.40. The van der Waals surface area contributed by atoms with Crippen LogP contribution in [0.25, 0.3) is 11.0 Å². The SMILES string of the molecule is COc1ccc2c(c1)C(=O)N(C[C@@]1(c3cc4cc(/C(=N\O)C5CC[C@H](N(C)C)C5)ccc4o3)CC(=O)NC1=O)C2. The highest BCUT2D eigenvalue weighted by molar-refractivity contribution is 6.10. The zero-order valence-corrected chi connectivity index (χ0v) is 22.8. The molecule has 3 atom stereocenters. The Hall–Kier alpha value is -4.18. The van der Waals surface area contributed by atoms with Crippen molar-refractivity contribution in [3.63, 3.8) is 0 Å². The molecule has 2 N–H and O–H groups in total. The zero-order chi connectivity index (χ0) is 28.2. The molecule has 1 unspecified atom stereocenters. The Morgan fingerprint density at radius 3 is 2.67 bits per heavy atom. The molecule has 2 aromatic carbocycles. The van der Waals surface area contributed by atoms with Gasteiger partial charge in [-0.3, -0.25) is 19.7 Å². The molecule has 3 heterocycles. The molecule has 0 radical (unpaired) electrons. The molecule has 2 fully saturated rings. The summed E-state index contributed by atoms with van der Waals surface area (Å²) in [6, 6.07) is 13.1. The lowest BCUT2D eigenvalue weighted by Gasteiger charge is -2.28. The van der Waals surface area contributed by atoms with Gasteiger partial charge in [0.05, 0.1) is 19.2 Å². The summed E-state index contributed by atoms with van der Waals surface area (Å²) in [7, 11) is 5.67. The first kappa shape index (κ1) is 26.1. The van der Waals surface area contributed by atoms with E-state index in [9.17, 15) is 19.6 Å². The van der Waals surface area contributed by atoms with E-state index in [1.54, 1.807) is 36.3 Å². The van der Waals surface area contributed by atoms with Crippen LogP contribution in [-0.2, 0) is 21.5 Å². The van der Waals surface area contributed by atoms with Gasteiger partial charge in [0.15, 0.2) is 0 Å². The maximum absolute atomic E-state index is 13.3. The lowest BCUT2D eigenvalue weighted by Crippen LogP contribution is -2.46. The van der Waals surface area contributed by atoms with Crippen LogP contribution in [0.2, 0.25) is 0 Å². The summed E-state index contributed by atoms with van der Waals surface area (Å²) in [6.45, 7) is 0.307. The predicted molar refractivity (Wildman–Crippen MR) is 147 cm³/mol. The van der Waals surface area contributed by atoms with Gasteiger partial charge in [-0.1, -0.05) is 11.2 Å². The van der Waals surface area contributed by atoms with Crippen molar-refractivity contribution in [2.24, 2.45) is 11.1 Å². The predicted octanol–water partition coefficient (Wildman–Crippen LogP) is 3.29. The molecule has 1 aliphatic carbocycles. The van der Waals surface area contributed by atoms with Crippen LogP contribution in [0, 0.1) is 5.92 Å². The molecule has 1 aromatic heterocycles. The summed E-state index contributed by atoms with van der Waals surface area (Å²) in [4.78, 5) is 42.9. The quantitative estimate of drug-likeness (QED) is 0.202. The van der Waals surface area contributed by atoms with Crippen LogP contribution in [0.1, 0.15) is 52.9 Å². The third kappa shape index (κ3) is 4.23. The van der Waals surface area contributed by atoms with Crippen molar-refractivity contribution in [3.05, 3.63) is 64.9 Å². The molecule has 1 saturated heterocycles. The lowest BCUT2D eigenvalue weighted by molar-refractivity contribution is -0.127. The van der Waals surface area contributed by atoms with E-state index in [0.717, 1.165) is 35.8 Å². The average Bonchev–Trinajstić information content (AvgIpc) is 3.71. The minimum Gasteiger partial charge on any atom is -0.497 e. The van der Waals surface area contributed by atoms with E-state index in [1.165, 1.54) is 0 Å². The second-order valence-electron chi connectivity index (χ2n) is 11.3. The van der Waals surface area contributed by atoms with Gasteiger partial charge < -0.3 is 24.2 Å². The number of methoxy groups -OCH3 is 1. The number of fused-ring (bicyclic) bond motifs is 2. The fraction of sp³-hybridized carbons (Fsp3) is 0.400. The van der Waals surface area contributed by atoms with Crippen LogP contribution in [0.5, 0.6) is 5.75 Å². The number of nitrogens with zero attached hydrogens (tertiary/aromatic N) is 3. The van der Waals surface area contributed by atoms with Gasteiger partial charge >= 0.3 is 0 Å². The second kappa shape index (κ2) is 9.78. The van der Waals surface area contributed by atoms with Crippen LogP contribution in [-0.4, -0.2) is 72.2 Å². The van der Waals surface area contributed by atoms with Gasteiger partial charge in [-0.2, -0.15) is 0 Å². The molecule has 40 heavy (non-hydrogen) atoms. The second-order valence-corrected chi connectivity index (χ2v) is 11.3. The van der Waals surface area contributed by atoms with Crippen molar-refractivity contribution in [1.82, 2.24) is 15.1 Å². The Kier molecular flexibility index (Phi) is 6.37. The van der Waals surface area contributed by atoms with E-state index in [0.29, 0.717) is 41.0 Å². The first-order valence-electron chi connectivity index (χ1n) is 13.5. The van der Waals surface area contributed by atoms with Crippen LogP contribution < -0.4 is 10.1 Å². The minimum atomic E-state index is -1.36. The number of benzene rings is 2. The van der Waals surface area contributed by atoms with E-state index in [4.69, 9.17) is 9.15 Å². The average molecular weight is 545 g/mol. The van der Waals surface area contributed by atoms with E-state index in [1.807, 2.05) is 18.2 Å². The molecule has 6 rings (SSSR count). The molecule has 10 heteroatoms. The monoisotopic (exact) mass is 544 g/mol. The Labute approximate surface area is 231 Å². The first-order valence-corrected chi connectivity index (χ1v) is 13.5. The number of carbonyl (C=O) groups is 3. The number of imide groups is 1. The Morgan fingerprint density at radius 2 is 2.00 bits per heavy atom. The van der Waals surface area contributed by atoms with Crippen LogP contribution in [0.4, 0.5) is 0 Å². The summed E-state index contributed by atoms with van der Waals surface area (Å²) < 4.78 is 11.5. The maximum Gasteiger partial charge on any atom is 0.254 e. The van der Waals surface area contributed by atoms with Crippen molar-refractivity contribution in [2.75, 3.05) is 27.7 Å². The molecule has 1 saturated carbocycles. The lowest BCUT2D eigenvalue weighted by atomic mass is 9.82. The van der Waals surface area contributed by atoms with Crippen molar-refractivity contribution in [1.29, 1.82) is 0 Å². The number of furan rings is 1. The van der Waals surface area contributed by atoms with Crippen molar-refractivity contribution in [3.8, 4) is 5.75 Å². The molecule has 0 bridgehead atoms. The topological polar surface area (TPSA) is 125 Å². The van der Waals surface area contributed by atoms with E-state index < -0.39 is 17.2 Å². The fourth-order valence-corrected chi connectivity index (χ4v) is 6.46. The Balaban J connectivity index is 1.32. The van der Waals surface area contributed by atoms with Crippen molar-refractivity contribution < 1.29 is 28.7 Å². The van der Waals surface area contributed by atoms with Crippen LogP contribution in [0.15, 0.2) is 52.0 Å². The van der Waals surface area contributed by atoms with E-state index >= 15 is 0 Å². The van der Waals surface area contributed by atoms with Gasteiger partial charge in [0.1, 0.15) is 22.5 Å². The highest BCUT2D eigenvalue weighted by Gasteiger charge is 2.53. The molecule has 2 aliphatic heterocycles. The number of oxime groups is 1. The third-order valence-electron chi connectivity index (χ3n) is 8.72. The van der Waals surface area contributed by atoms with Gasteiger partial charge in [0.2, 0.25) is 11.8 Å². The molecule has 3 amide bonds. The zero-order valence-electron chi connectivity index (χ0n) is 22.8. The summed E-state index contributed by atoms with van der Waals surface area (Å²) in [5.41, 5.74) is 1.95. The van der Waals surface area contributed by atoms with Gasteiger partial charge in [0.25, 0.3) is 5.91 Å². The first-order chi connectivity index (χ1) is 19.2. The molecule has 208 valence electrons. The van der Waals surface area contributed by atoms with Crippen LogP contribution in [0.3, 0.4) is 0 Å². The molecule has 0 spiro atoms. The number of carbonyl (C=O) groups excluding carboxylic acids is 3. The maximum atomic E-state index is 13.3. The largest absolute Gasteiger partial charge is 0.497 e. The van der Waals surface area contributed by atoms with Crippen molar-refractivity contribution in [2.45, 2.75) is 43.7 Å². The van der Waals surface area contributed by atoms with E-state index in [2.05, 4.69) is 29.5 Å². The summed E-state index contributed by atoms with van der Waals surface area (Å²) in [5, 5.41) is 16.7. The van der Waals surface area contributed by atoms with E-state index in [-0.39, 0.29) is 24.8 Å². The number of hydrogen-bond acceptors (Lipinski definition) is 8. The minimum absolute atomic E-state index is 0.00950. The highest BCUT2D eigenvalue weighted by atomic mass is 16.5. The summed E-state index contributed by atoms with van der Waals surface area (Å²) in [6.07, 6.45) is 2.75. The number of hydrogen-bond donors (Lipinski definition) is 2. The summed E-state index contributed by atoms with van der Waals surface area (Å²) >= 11 is 0. The smallest absolute Gasteiger partial charge is 0.254 e. The molecule has 3 aliphatic rings. The molecule has 3 aromatic rings. The number of rotatable bonds is 7. The number of nitrogens with one attached hydrogen (secondary N) is 1. The number of ether oxygens (including phenoxy) is 1. The van der Waals surface area contributed by atoms with Crippen molar-refractivity contribution >= 4 is 34.4 Å². The molecule has 10 nitrogen and oxygen atoms in total.